The van der Waals surface area contributed by atoms with Crippen molar-refractivity contribution in [2.45, 2.75) is 6.92 Å². The molecular formula is C15H14Cl2N4O2. The number of hydrogen-bond donors (Lipinski definition) is 1. The smallest absolute Gasteiger partial charge is 0.274 e. The lowest BCUT2D eigenvalue weighted by Crippen LogP contribution is -2.35. The average molecular weight is 353 g/mol. The molecule has 120 valence electrons. The molecule has 2 amide bonds. The lowest BCUT2D eigenvalue weighted by Gasteiger charge is -2.17. The molecule has 0 aliphatic carbocycles. The van der Waals surface area contributed by atoms with E-state index < -0.39 is 11.8 Å². The second-order valence-corrected chi connectivity index (χ2v) is 5.66. The quantitative estimate of drug-likeness (QED) is 0.917. The maximum absolute atomic E-state index is 12.2. The molecule has 1 aromatic carbocycles. The molecule has 6 nitrogen and oxygen atoms in total. The number of halogens is 2. The average Bonchev–Trinajstić information content (AvgIpc) is 2.51. The standard InChI is InChI=1S/C15H14Cl2N4O2/c1-9-6-19-12(7-18-9)15(23)21(2)8-13(22)20-14-10(16)4-3-5-11(14)17/h3-7H,8H2,1-2H3,(H,20,22). The first-order valence-electron chi connectivity index (χ1n) is 6.66. The molecule has 0 fully saturated rings. The van der Waals surface area contributed by atoms with Crippen molar-refractivity contribution in [1.82, 2.24) is 14.9 Å². The Morgan fingerprint density at radius 1 is 1.17 bits per heavy atom. The number of likely N-dealkylation sites (N-methyl/N-ethyl adjacent to an activating group) is 1. The minimum absolute atomic E-state index is 0.168. The van der Waals surface area contributed by atoms with Crippen LogP contribution in [0.1, 0.15) is 16.2 Å². The van der Waals surface area contributed by atoms with E-state index in [9.17, 15) is 9.59 Å². The van der Waals surface area contributed by atoms with Crippen LogP contribution in [-0.2, 0) is 4.79 Å². The molecule has 0 unspecified atom stereocenters. The Labute approximate surface area is 143 Å². The topological polar surface area (TPSA) is 75.2 Å². The Morgan fingerprint density at radius 3 is 2.39 bits per heavy atom. The van der Waals surface area contributed by atoms with Crippen molar-refractivity contribution < 1.29 is 9.59 Å². The summed E-state index contributed by atoms with van der Waals surface area (Å²) >= 11 is 12.0. The minimum Gasteiger partial charge on any atom is -0.331 e. The van der Waals surface area contributed by atoms with Gasteiger partial charge in [-0.15, -0.1) is 0 Å². The van der Waals surface area contributed by atoms with Crippen molar-refractivity contribution in [2.24, 2.45) is 0 Å². The van der Waals surface area contributed by atoms with Crippen molar-refractivity contribution in [3.63, 3.8) is 0 Å². The van der Waals surface area contributed by atoms with Crippen LogP contribution in [0.25, 0.3) is 0 Å². The Morgan fingerprint density at radius 2 is 1.83 bits per heavy atom. The zero-order chi connectivity index (χ0) is 17.0. The third-order valence-corrected chi connectivity index (χ3v) is 3.58. The fraction of sp³-hybridized carbons (Fsp3) is 0.200. The third kappa shape index (κ3) is 4.40. The van der Waals surface area contributed by atoms with Gasteiger partial charge in [0.05, 0.1) is 34.2 Å². The van der Waals surface area contributed by atoms with Crippen molar-refractivity contribution in [2.75, 3.05) is 18.9 Å². The minimum atomic E-state index is -0.420. The largest absolute Gasteiger partial charge is 0.331 e. The van der Waals surface area contributed by atoms with E-state index in [0.29, 0.717) is 21.4 Å². The number of benzene rings is 1. The van der Waals surface area contributed by atoms with Gasteiger partial charge >= 0.3 is 0 Å². The highest BCUT2D eigenvalue weighted by atomic mass is 35.5. The van der Waals surface area contributed by atoms with Crippen molar-refractivity contribution in [3.05, 3.63) is 52.0 Å². The number of carbonyl (C=O) groups excluding carboxylic acids is 2. The van der Waals surface area contributed by atoms with Crippen molar-refractivity contribution >= 4 is 40.7 Å². The van der Waals surface area contributed by atoms with E-state index in [2.05, 4.69) is 15.3 Å². The molecule has 0 saturated carbocycles. The van der Waals surface area contributed by atoms with Gasteiger partial charge in [-0.1, -0.05) is 29.3 Å². The summed E-state index contributed by atoms with van der Waals surface area (Å²) in [4.78, 5) is 33.5. The molecule has 2 rings (SSSR count). The predicted octanol–water partition coefficient (Wildman–Crippen LogP) is 2.80. The first kappa shape index (κ1) is 17.2. The van der Waals surface area contributed by atoms with Gasteiger partial charge in [-0.2, -0.15) is 0 Å². The van der Waals surface area contributed by atoms with Crippen molar-refractivity contribution in [1.29, 1.82) is 0 Å². The Balaban J connectivity index is 2.02. The first-order chi connectivity index (χ1) is 10.9. The van der Waals surface area contributed by atoms with E-state index in [1.54, 1.807) is 25.1 Å². The van der Waals surface area contributed by atoms with Crippen LogP contribution in [0.5, 0.6) is 0 Å². The molecule has 1 N–H and O–H groups in total. The third-order valence-electron chi connectivity index (χ3n) is 2.95. The van der Waals surface area contributed by atoms with Gasteiger partial charge in [-0.25, -0.2) is 4.98 Å². The van der Waals surface area contributed by atoms with Gasteiger partial charge in [0.15, 0.2) is 0 Å². The fourth-order valence-electron chi connectivity index (χ4n) is 1.78. The van der Waals surface area contributed by atoms with Crippen LogP contribution in [0.2, 0.25) is 10.0 Å². The SMILES string of the molecule is Cc1cnc(C(=O)N(C)CC(=O)Nc2c(Cl)cccc2Cl)cn1. The van der Waals surface area contributed by atoms with E-state index in [1.165, 1.54) is 24.3 Å². The summed E-state index contributed by atoms with van der Waals surface area (Å²) in [7, 11) is 1.50. The number of para-hydroxylation sites is 1. The van der Waals surface area contributed by atoms with Gasteiger partial charge in [0, 0.05) is 13.2 Å². The van der Waals surface area contributed by atoms with E-state index in [4.69, 9.17) is 23.2 Å². The lowest BCUT2D eigenvalue weighted by atomic mass is 10.3. The molecule has 0 bridgehead atoms. The number of anilines is 1. The van der Waals surface area contributed by atoms with E-state index in [0.717, 1.165) is 0 Å². The summed E-state index contributed by atoms with van der Waals surface area (Å²) in [6, 6.07) is 4.89. The number of nitrogens with zero attached hydrogens (tertiary/aromatic N) is 3. The Bertz CT molecular complexity index is 715. The molecule has 23 heavy (non-hydrogen) atoms. The molecule has 0 atom stereocenters. The summed E-state index contributed by atoms with van der Waals surface area (Å²) in [5.74, 6) is -0.825. The van der Waals surface area contributed by atoms with Crippen LogP contribution in [0.3, 0.4) is 0 Å². The molecule has 1 heterocycles. The molecule has 0 radical (unpaired) electrons. The highest BCUT2D eigenvalue weighted by Gasteiger charge is 2.17. The van der Waals surface area contributed by atoms with Gasteiger partial charge in [-0.3, -0.25) is 14.6 Å². The summed E-state index contributed by atoms with van der Waals surface area (Å²) < 4.78 is 0. The Kier molecular flexibility index (Phi) is 5.52. The Hall–Kier alpha value is -2.18. The predicted molar refractivity (Wildman–Crippen MR) is 88.8 cm³/mol. The summed E-state index contributed by atoms with van der Waals surface area (Å²) in [6.07, 6.45) is 2.86. The van der Waals surface area contributed by atoms with Crippen LogP contribution < -0.4 is 5.32 Å². The van der Waals surface area contributed by atoms with Gasteiger partial charge in [0.2, 0.25) is 5.91 Å². The second-order valence-electron chi connectivity index (χ2n) is 4.85. The van der Waals surface area contributed by atoms with E-state index in [1.807, 2.05) is 0 Å². The fourth-order valence-corrected chi connectivity index (χ4v) is 2.27. The van der Waals surface area contributed by atoms with Gasteiger partial charge in [0.1, 0.15) is 5.69 Å². The summed E-state index contributed by atoms with van der Waals surface area (Å²) in [6.45, 7) is 1.60. The molecule has 0 aliphatic heterocycles. The number of aryl methyl sites for hydroxylation is 1. The highest BCUT2D eigenvalue weighted by molar-refractivity contribution is 6.39. The molecule has 1 aromatic heterocycles. The normalized spacial score (nSPS) is 10.3. The molecular weight excluding hydrogens is 339 g/mol. The molecule has 8 heteroatoms. The van der Waals surface area contributed by atoms with Crippen LogP contribution in [0, 0.1) is 6.92 Å². The molecule has 0 spiro atoms. The molecule has 0 saturated heterocycles. The van der Waals surface area contributed by atoms with Crippen LogP contribution in [-0.4, -0.2) is 40.3 Å². The zero-order valence-electron chi connectivity index (χ0n) is 12.5. The van der Waals surface area contributed by atoms with Gasteiger partial charge in [0.25, 0.3) is 5.91 Å². The van der Waals surface area contributed by atoms with Crippen LogP contribution in [0.15, 0.2) is 30.6 Å². The molecule has 0 aliphatic rings. The second kappa shape index (κ2) is 7.39. The zero-order valence-corrected chi connectivity index (χ0v) is 14.0. The summed E-state index contributed by atoms with van der Waals surface area (Å²) in [5, 5.41) is 3.24. The monoisotopic (exact) mass is 352 g/mol. The highest BCUT2D eigenvalue weighted by Crippen LogP contribution is 2.29. The van der Waals surface area contributed by atoms with Crippen molar-refractivity contribution in [3.8, 4) is 0 Å². The van der Waals surface area contributed by atoms with E-state index >= 15 is 0 Å². The number of aromatic nitrogens is 2. The number of carbonyl (C=O) groups is 2. The number of nitrogens with one attached hydrogen (secondary N) is 1. The van der Waals surface area contributed by atoms with Gasteiger partial charge < -0.3 is 10.2 Å². The van der Waals surface area contributed by atoms with Crippen LogP contribution >= 0.6 is 23.2 Å². The van der Waals surface area contributed by atoms with Crippen LogP contribution in [0.4, 0.5) is 5.69 Å². The first-order valence-corrected chi connectivity index (χ1v) is 7.42. The maximum atomic E-state index is 12.2. The number of amides is 2. The number of rotatable bonds is 4. The molecule has 2 aromatic rings. The maximum Gasteiger partial charge on any atom is 0.274 e. The number of hydrogen-bond acceptors (Lipinski definition) is 4. The van der Waals surface area contributed by atoms with E-state index in [-0.39, 0.29) is 12.2 Å². The van der Waals surface area contributed by atoms with Gasteiger partial charge in [-0.05, 0) is 19.1 Å². The lowest BCUT2D eigenvalue weighted by molar-refractivity contribution is -0.116. The summed E-state index contributed by atoms with van der Waals surface area (Å²) in [5.41, 5.74) is 1.19.